The van der Waals surface area contributed by atoms with Crippen molar-refractivity contribution in [1.29, 1.82) is 0 Å². The second-order valence-electron chi connectivity index (χ2n) is 10.00. The lowest BCUT2D eigenvalue weighted by Gasteiger charge is -2.40. The van der Waals surface area contributed by atoms with Crippen LogP contribution in [0.4, 0.5) is 0 Å². The van der Waals surface area contributed by atoms with Gasteiger partial charge in [-0.15, -0.1) is 0 Å². The van der Waals surface area contributed by atoms with Crippen molar-refractivity contribution in [2.24, 2.45) is 11.8 Å². The lowest BCUT2D eigenvalue weighted by molar-refractivity contribution is 0.110. The second-order valence-corrected chi connectivity index (χ2v) is 10.00. The van der Waals surface area contributed by atoms with Gasteiger partial charge in [0.25, 0.3) is 0 Å². The van der Waals surface area contributed by atoms with E-state index in [0.29, 0.717) is 5.92 Å². The highest BCUT2D eigenvalue weighted by Crippen LogP contribution is 2.48. The number of methoxy groups -OCH3 is 1. The van der Waals surface area contributed by atoms with Crippen molar-refractivity contribution < 1.29 is 9.84 Å². The third-order valence-electron chi connectivity index (χ3n) is 8.24. The number of benzene rings is 1. The van der Waals surface area contributed by atoms with E-state index in [2.05, 4.69) is 28.9 Å². The summed E-state index contributed by atoms with van der Waals surface area (Å²) in [5, 5.41) is 10.5. The standard InChI is InChI=1S/C26H35NO2/c1-29-25-7-5-19(8-13-26(28)11-2-3-12-26)17-23(25)21-9-14-27(15-10-21)24-18-20-4-6-22(24)16-20/h5,7,17,20-22,24,28H,2-4,6,9-12,14-16,18H2,1H3/t20-,22-,24-/m0/s1. The number of hydrogen-bond donors (Lipinski definition) is 1. The van der Waals surface area contributed by atoms with Crippen LogP contribution in [0.3, 0.4) is 0 Å². The van der Waals surface area contributed by atoms with Crippen molar-refractivity contribution in [1.82, 2.24) is 4.90 Å². The van der Waals surface area contributed by atoms with Crippen molar-refractivity contribution in [3.63, 3.8) is 0 Å². The summed E-state index contributed by atoms with van der Waals surface area (Å²) < 4.78 is 5.71. The quantitative estimate of drug-likeness (QED) is 0.754. The van der Waals surface area contributed by atoms with Gasteiger partial charge in [0.15, 0.2) is 0 Å². The molecule has 0 unspecified atom stereocenters. The van der Waals surface area contributed by atoms with Crippen LogP contribution in [0.1, 0.15) is 81.3 Å². The van der Waals surface area contributed by atoms with Gasteiger partial charge >= 0.3 is 0 Å². The van der Waals surface area contributed by atoms with E-state index in [0.717, 1.165) is 54.9 Å². The molecule has 0 radical (unpaired) electrons. The lowest BCUT2D eigenvalue weighted by Crippen LogP contribution is -2.43. The molecule has 0 aromatic heterocycles. The molecular weight excluding hydrogens is 358 g/mol. The van der Waals surface area contributed by atoms with Crippen LogP contribution in [-0.2, 0) is 0 Å². The van der Waals surface area contributed by atoms with Gasteiger partial charge in [-0.25, -0.2) is 0 Å². The SMILES string of the molecule is COc1ccc(C#CC2(O)CCCC2)cc1C1CCN([C@H]2C[C@H]3CC[C@H]2C3)CC1. The molecule has 3 atom stereocenters. The Labute approximate surface area is 175 Å². The number of likely N-dealkylation sites (tertiary alicyclic amines) is 1. The first kappa shape index (κ1) is 19.5. The minimum absolute atomic E-state index is 0.552. The molecule has 1 aliphatic heterocycles. The van der Waals surface area contributed by atoms with Crippen LogP contribution < -0.4 is 4.74 Å². The summed E-state index contributed by atoms with van der Waals surface area (Å²) in [4.78, 5) is 2.80. The number of hydrogen-bond acceptors (Lipinski definition) is 3. The van der Waals surface area contributed by atoms with Gasteiger partial charge in [0, 0.05) is 11.6 Å². The van der Waals surface area contributed by atoms with E-state index in [9.17, 15) is 5.11 Å². The van der Waals surface area contributed by atoms with E-state index in [1.165, 1.54) is 57.2 Å². The summed E-state index contributed by atoms with van der Waals surface area (Å²) in [6.45, 7) is 2.44. The van der Waals surface area contributed by atoms with Crippen molar-refractivity contribution in [3.05, 3.63) is 29.3 Å². The van der Waals surface area contributed by atoms with Gasteiger partial charge in [0.1, 0.15) is 11.4 Å². The molecule has 0 amide bonds. The van der Waals surface area contributed by atoms with Gasteiger partial charge in [-0.2, -0.15) is 0 Å². The Morgan fingerprint density at radius 2 is 1.86 bits per heavy atom. The van der Waals surface area contributed by atoms with Crippen molar-refractivity contribution in [2.75, 3.05) is 20.2 Å². The molecule has 3 nitrogen and oxygen atoms in total. The number of ether oxygens (including phenoxy) is 1. The maximum atomic E-state index is 10.5. The molecule has 1 aromatic rings. The zero-order valence-corrected chi connectivity index (χ0v) is 17.8. The van der Waals surface area contributed by atoms with Gasteiger partial charge < -0.3 is 14.7 Å². The van der Waals surface area contributed by atoms with Crippen molar-refractivity contribution >= 4 is 0 Å². The van der Waals surface area contributed by atoms with Gasteiger partial charge in [-0.05, 0) is 112 Å². The molecule has 3 heteroatoms. The molecule has 4 aliphatic rings. The minimum atomic E-state index is -0.772. The van der Waals surface area contributed by atoms with E-state index in [1.54, 1.807) is 7.11 Å². The molecule has 2 bridgehead atoms. The zero-order chi connectivity index (χ0) is 19.8. The highest BCUT2D eigenvalue weighted by Gasteiger charge is 2.43. The Kier molecular flexibility index (Phi) is 5.35. The fraction of sp³-hybridized carbons (Fsp3) is 0.692. The fourth-order valence-electron chi connectivity index (χ4n) is 6.61. The van der Waals surface area contributed by atoms with Gasteiger partial charge in [0.05, 0.1) is 7.11 Å². The Balaban J connectivity index is 1.28. The first-order valence-electron chi connectivity index (χ1n) is 11.8. The lowest BCUT2D eigenvalue weighted by atomic mass is 9.85. The Morgan fingerprint density at radius 1 is 1.07 bits per heavy atom. The van der Waals surface area contributed by atoms with Crippen LogP contribution in [0.2, 0.25) is 0 Å². The first-order valence-corrected chi connectivity index (χ1v) is 11.8. The molecule has 29 heavy (non-hydrogen) atoms. The molecule has 0 spiro atoms. The van der Waals surface area contributed by atoms with Gasteiger partial charge in [0.2, 0.25) is 0 Å². The molecule has 4 fully saturated rings. The molecule has 1 N–H and O–H groups in total. The Hall–Kier alpha value is -1.50. The molecular formula is C26H35NO2. The van der Waals surface area contributed by atoms with Crippen LogP contribution in [-0.4, -0.2) is 41.8 Å². The summed E-state index contributed by atoms with van der Waals surface area (Å²) in [6, 6.07) is 7.20. The molecule has 3 saturated carbocycles. The number of rotatable bonds is 3. The van der Waals surface area contributed by atoms with Crippen molar-refractivity contribution in [3.8, 4) is 17.6 Å². The summed E-state index contributed by atoms with van der Waals surface area (Å²) >= 11 is 0. The number of nitrogens with zero attached hydrogens (tertiary/aromatic N) is 1. The normalized spacial score (nSPS) is 31.6. The third-order valence-corrected chi connectivity index (χ3v) is 8.24. The van der Waals surface area contributed by atoms with Crippen LogP contribution in [0.5, 0.6) is 5.75 Å². The average Bonchev–Trinajstić information content (AvgIpc) is 3.50. The van der Waals surface area contributed by atoms with E-state index < -0.39 is 5.60 Å². The first-order chi connectivity index (χ1) is 14.1. The van der Waals surface area contributed by atoms with E-state index in [1.807, 2.05) is 6.07 Å². The van der Waals surface area contributed by atoms with Crippen LogP contribution >= 0.6 is 0 Å². The summed E-state index contributed by atoms with van der Waals surface area (Å²) in [5.41, 5.74) is 1.55. The largest absolute Gasteiger partial charge is 0.496 e. The molecule has 156 valence electrons. The molecule has 1 saturated heterocycles. The average molecular weight is 394 g/mol. The molecule has 1 heterocycles. The maximum Gasteiger partial charge on any atom is 0.125 e. The van der Waals surface area contributed by atoms with Crippen molar-refractivity contribution in [2.45, 2.75) is 81.8 Å². The van der Waals surface area contributed by atoms with Crippen LogP contribution in [0.25, 0.3) is 0 Å². The number of fused-ring (bicyclic) bond motifs is 2. The smallest absolute Gasteiger partial charge is 0.125 e. The number of aliphatic hydroxyl groups is 1. The predicted octanol–water partition coefficient (Wildman–Crippen LogP) is 4.72. The predicted molar refractivity (Wildman–Crippen MR) is 116 cm³/mol. The van der Waals surface area contributed by atoms with Gasteiger partial charge in [-0.1, -0.05) is 18.3 Å². The third kappa shape index (κ3) is 3.94. The highest BCUT2D eigenvalue weighted by atomic mass is 16.5. The van der Waals surface area contributed by atoms with Crippen LogP contribution in [0, 0.1) is 23.7 Å². The van der Waals surface area contributed by atoms with E-state index in [4.69, 9.17) is 4.74 Å². The molecule has 1 aromatic carbocycles. The summed E-state index contributed by atoms with van der Waals surface area (Å²) in [5.74, 6) is 9.97. The summed E-state index contributed by atoms with van der Waals surface area (Å²) in [6.07, 6.45) is 12.1. The Bertz CT molecular complexity index is 793. The minimum Gasteiger partial charge on any atom is -0.496 e. The Morgan fingerprint density at radius 3 is 2.52 bits per heavy atom. The molecule has 5 rings (SSSR count). The monoisotopic (exact) mass is 393 g/mol. The van der Waals surface area contributed by atoms with E-state index >= 15 is 0 Å². The second kappa shape index (κ2) is 7.97. The van der Waals surface area contributed by atoms with Crippen LogP contribution in [0.15, 0.2) is 18.2 Å². The number of piperidine rings is 1. The highest BCUT2D eigenvalue weighted by molar-refractivity contribution is 5.46. The van der Waals surface area contributed by atoms with E-state index in [-0.39, 0.29) is 0 Å². The molecule has 3 aliphatic carbocycles. The van der Waals surface area contributed by atoms with Gasteiger partial charge in [-0.3, -0.25) is 0 Å². The summed E-state index contributed by atoms with van der Waals surface area (Å²) in [7, 11) is 1.77. The zero-order valence-electron chi connectivity index (χ0n) is 17.8. The fourth-order valence-corrected chi connectivity index (χ4v) is 6.61. The topological polar surface area (TPSA) is 32.7 Å². The maximum absolute atomic E-state index is 10.5.